The van der Waals surface area contributed by atoms with Gasteiger partial charge in [-0.25, -0.2) is 8.42 Å². The van der Waals surface area contributed by atoms with Crippen LogP contribution >= 0.6 is 0 Å². The van der Waals surface area contributed by atoms with Crippen LogP contribution in [0.25, 0.3) is 0 Å². The molecule has 1 heterocycles. The normalized spacial score (nSPS) is 11.4. The van der Waals surface area contributed by atoms with E-state index in [1.54, 1.807) is 13.8 Å². The second kappa shape index (κ2) is 5.74. The van der Waals surface area contributed by atoms with Gasteiger partial charge in [-0.1, -0.05) is 0 Å². The molecule has 0 radical (unpaired) electrons. The van der Waals surface area contributed by atoms with E-state index in [1.807, 2.05) is 0 Å². The zero-order chi connectivity index (χ0) is 15.6. The topological polar surface area (TPSA) is 104 Å². The van der Waals surface area contributed by atoms with Crippen LogP contribution in [0.1, 0.15) is 17.0 Å². The Balaban J connectivity index is 2.40. The standard InChI is InChI=1S/C13H17N3O4S/c1-8-13(9(2)15-14-8)16-21(18,19)11-4-5-12(20-3)10(6-11)7-17/h4-6,16-17H,7H2,1-3H3,(H,14,15). The number of methoxy groups -OCH3 is 1. The Kier molecular flexibility index (Phi) is 4.19. The number of sulfonamides is 1. The molecule has 8 heteroatoms. The van der Waals surface area contributed by atoms with Gasteiger partial charge in [0.2, 0.25) is 0 Å². The van der Waals surface area contributed by atoms with Crippen LogP contribution < -0.4 is 9.46 Å². The molecule has 1 aromatic carbocycles. The molecule has 0 aliphatic heterocycles. The summed E-state index contributed by atoms with van der Waals surface area (Å²) in [6.45, 7) is 3.12. The summed E-state index contributed by atoms with van der Waals surface area (Å²) in [6, 6.07) is 4.31. The number of rotatable bonds is 5. The number of hydrogen-bond acceptors (Lipinski definition) is 5. The SMILES string of the molecule is COc1ccc(S(=O)(=O)Nc2c(C)n[nH]c2C)cc1CO. The van der Waals surface area contributed by atoms with E-state index >= 15 is 0 Å². The molecule has 7 nitrogen and oxygen atoms in total. The van der Waals surface area contributed by atoms with Gasteiger partial charge in [0.15, 0.2) is 0 Å². The van der Waals surface area contributed by atoms with Crippen LogP contribution in [0.4, 0.5) is 5.69 Å². The first-order valence-electron chi connectivity index (χ1n) is 6.21. The van der Waals surface area contributed by atoms with Crippen LogP contribution in [0.15, 0.2) is 23.1 Å². The smallest absolute Gasteiger partial charge is 0.262 e. The second-order valence-corrected chi connectivity index (χ2v) is 6.23. The van der Waals surface area contributed by atoms with Gasteiger partial charge < -0.3 is 9.84 Å². The summed E-state index contributed by atoms with van der Waals surface area (Å²) in [5, 5.41) is 15.9. The molecule has 0 fully saturated rings. The van der Waals surface area contributed by atoms with Crippen molar-refractivity contribution < 1.29 is 18.3 Å². The number of nitrogens with one attached hydrogen (secondary N) is 2. The van der Waals surface area contributed by atoms with E-state index in [1.165, 1.54) is 25.3 Å². The van der Waals surface area contributed by atoms with Gasteiger partial charge >= 0.3 is 0 Å². The lowest BCUT2D eigenvalue weighted by molar-refractivity contribution is 0.273. The van der Waals surface area contributed by atoms with Crippen molar-refractivity contribution in [2.75, 3.05) is 11.8 Å². The number of anilines is 1. The molecule has 0 saturated carbocycles. The Bertz CT molecular complexity index is 733. The fourth-order valence-corrected chi connectivity index (χ4v) is 3.17. The zero-order valence-corrected chi connectivity index (χ0v) is 12.8. The largest absolute Gasteiger partial charge is 0.496 e. The Morgan fingerprint density at radius 2 is 2.10 bits per heavy atom. The van der Waals surface area contributed by atoms with E-state index in [-0.39, 0.29) is 11.5 Å². The van der Waals surface area contributed by atoms with E-state index in [9.17, 15) is 13.5 Å². The van der Waals surface area contributed by atoms with E-state index in [2.05, 4.69) is 14.9 Å². The number of H-pyrrole nitrogens is 1. The van der Waals surface area contributed by atoms with E-state index in [0.29, 0.717) is 28.4 Å². The van der Waals surface area contributed by atoms with Crippen molar-refractivity contribution in [2.24, 2.45) is 0 Å². The predicted molar refractivity (Wildman–Crippen MR) is 77.8 cm³/mol. The molecule has 0 aliphatic carbocycles. The minimum absolute atomic E-state index is 0.0485. The summed E-state index contributed by atoms with van der Waals surface area (Å²) in [4.78, 5) is 0.0485. The fraction of sp³-hybridized carbons (Fsp3) is 0.308. The lowest BCUT2D eigenvalue weighted by Crippen LogP contribution is -2.14. The number of nitrogens with zero attached hydrogens (tertiary/aromatic N) is 1. The molecule has 2 aromatic rings. The molecule has 0 aliphatic rings. The third kappa shape index (κ3) is 3.01. The lowest BCUT2D eigenvalue weighted by atomic mass is 10.2. The number of aromatic nitrogens is 2. The molecule has 0 amide bonds. The summed E-state index contributed by atoms with van der Waals surface area (Å²) in [5.74, 6) is 0.437. The molecule has 0 saturated heterocycles. The zero-order valence-electron chi connectivity index (χ0n) is 12.0. The van der Waals surface area contributed by atoms with Gasteiger partial charge in [-0.15, -0.1) is 0 Å². The first kappa shape index (κ1) is 15.3. The summed E-state index contributed by atoms with van der Waals surface area (Å²) in [5.41, 5.74) is 2.02. The van der Waals surface area contributed by atoms with Gasteiger partial charge in [0.25, 0.3) is 10.0 Å². The molecule has 21 heavy (non-hydrogen) atoms. The van der Waals surface area contributed by atoms with Gasteiger partial charge in [0, 0.05) is 5.56 Å². The maximum atomic E-state index is 12.4. The Morgan fingerprint density at radius 1 is 1.38 bits per heavy atom. The number of aromatic amines is 1. The minimum Gasteiger partial charge on any atom is -0.496 e. The average Bonchev–Trinajstić information content (AvgIpc) is 2.78. The molecule has 0 spiro atoms. The first-order chi connectivity index (χ1) is 9.89. The maximum absolute atomic E-state index is 12.4. The van der Waals surface area contributed by atoms with Crippen molar-refractivity contribution in [3.8, 4) is 5.75 Å². The van der Waals surface area contributed by atoms with Crippen LogP contribution in [0.5, 0.6) is 5.75 Å². The third-order valence-electron chi connectivity index (χ3n) is 3.10. The third-order valence-corrected chi connectivity index (χ3v) is 4.44. The van der Waals surface area contributed by atoms with Crippen molar-refractivity contribution in [2.45, 2.75) is 25.3 Å². The van der Waals surface area contributed by atoms with Gasteiger partial charge in [-0.05, 0) is 32.0 Å². The van der Waals surface area contributed by atoms with Crippen LogP contribution in [-0.2, 0) is 16.6 Å². The predicted octanol–water partition coefficient (Wildman–Crippen LogP) is 1.33. The highest BCUT2D eigenvalue weighted by Crippen LogP contribution is 2.25. The van der Waals surface area contributed by atoms with Gasteiger partial charge in [0.1, 0.15) is 5.75 Å². The van der Waals surface area contributed by atoms with Gasteiger partial charge in [0.05, 0.1) is 35.7 Å². The monoisotopic (exact) mass is 311 g/mol. The molecule has 0 bridgehead atoms. The molecule has 1 aromatic heterocycles. The molecule has 0 atom stereocenters. The summed E-state index contributed by atoms with van der Waals surface area (Å²) in [6.07, 6.45) is 0. The van der Waals surface area contributed by atoms with Crippen molar-refractivity contribution in [1.82, 2.24) is 10.2 Å². The molecule has 114 valence electrons. The highest BCUT2D eigenvalue weighted by molar-refractivity contribution is 7.92. The number of benzene rings is 1. The van der Waals surface area contributed by atoms with Crippen LogP contribution in [0.3, 0.4) is 0 Å². The lowest BCUT2D eigenvalue weighted by Gasteiger charge is -2.11. The summed E-state index contributed by atoms with van der Waals surface area (Å²) in [7, 11) is -2.31. The quantitative estimate of drug-likeness (QED) is 0.772. The van der Waals surface area contributed by atoms with Crippen LogP contribution in [0.2, 0.25) is 0 Å². The number of hydrogen-bond donors (Lipinski definition) is 3. The van der Waals surface area contributed by atoms with Crippen molar-refractivity contribution in [3.63, 3.8) is 0 Å². The van der Waals surface area contributed by atoms with Crippen molar-refractivity contribution in [3.05, 3.63) is 35.2 Å². The van der Waals surface area contributed by atoms with Crippen molar-refractivity contribution >= 4 is 15.7 Å². The second-order valence-electron chi connectivity index (χ2n) is 4.55. The Morgan fingerprint density at radius 3 is 2.62 bits per heavy atom. The summed E-state index contributed by atoms with van der Waals surface area (Å²) >= 11 is 0. The highest BCUT2D eigenvalue weighted by atomic mass is 32.2. The number of ether oxygens (including phenoxy) is 1. The van der Waals surface area contributed by atoms with E-state index in [4.69, 9.17) is 4.74 Å². The first-order valence-corrected chi connectivity index (χ1v) is 7.69. The molecule has 3 N–H and O–H groups in total. The van der Waals surface area contributed by atoms with E-state index in [0.717, 1.165) is 0 Å². The molecule has 0 unspecified atom stereocenters. The Hall–Kier alpha value is -2.06. The minimum atomic E-state index is -3.76. The average molecular weight is 311 g/mol. The highest BCUT2D eigenvalue weighted by Gasteiger charge is 2.19. The van der Waals surface area contributed by atoms with Gasteiger partial charge in [-0.3, -0.25) is 9.82 Å². The summed E-state index contributed by atoms with van der Waals surface area (Å²) < 4.78 is 32.3. The van der Waals surface area contributed by atoms with Crippen molar-refractivity contribution in [1.29, 1.82) is 0 Å². The maximum Gasteiger partial charge on any atom is 0.262 e. The molecule has 2 rings (SSSR count). The van der Waals surface area contributed by atoms with Gasteiger partial charge in [-0.2, -0.15) is 5.10 Å². The van der Waals surface area contributed by atoms with Crippen LogP contribution in [-0.4, -0.2) is 30.8 Å². The molecular weight excluding hydrogens is 294 g/mol. The fourth-order valence-electron chi connectivity index (χ4n) is 1.94. The number of aliphatic hydroxyl groups is 1. The number of aryl methyl sites for hydroxylation is 2. The number of aliphatic hydroxyl groups excluding tert-OH is 1. The molecular formula is C13H17N3O4S. The van der Waals surface area contributed by atoms with E-state index < -0.39 is 10.0 Å². The van der Waals surface area contributed by atoms with Crippen LogP contribution in [0, 0.1) is 13.8 Å². The Labute approximate surface area is 123 Å².